The molecule has 2 aromatic carbocycles. The molecule has 0 saturated carbocycles. The van der Waals surface area contributed by atoms with Gasteiger partial charge in [0.2, 0.25) is 5.91 Å². The Labute approximate surface area is 134 Å². The van der Waals surface area contributed by atoms with Crippen molar-refractivity contribution >= 4 is 23.7 Å². The zero-order valence-electron chi connectivity index (χ0n) is 11.9. The number of hydrogen-bond donors (Lipinski definition) is 2. The van der Waals surface area contributed by atoms with Crippen LogP contribution in [-0.4, -0.2) is 17.2 Å². The molecule has 114 valence electrons. The molecule has 4 nitrogen and oxygen atoms in total. The number of rotatable bonds is 6. The van der Waals surface area contributed by atoms with Crippen LogP contribution in [-0.2, 0) is 4.79 Å². The summed E-state index contributed by atoms with van der Waals surface area (Å²) in [4.78, 5) is 11.7. The van der Waals surface area contributed by atoms with Gasteiger partial charge in [-0.05, 0) is 29.7 Å². The van der Waals surface area contributed by atoms with Crippen molar-refractivity contribution in [1.29, 1.82) is 0 Å². The third-order valence-corrected chi connectivity index (χ3v) is 3.32. The Kier molecular flexibility index (Phi) is 6.13. The van der Waals surface area contributed by atoms with E-state index in [2.05, 4.69) is 10.5 Å². The largest absolute Gasteiger partial charge is 0.388 e. The second-order valence-corrected chi connectivity index (χ2v) is 5.25. The number of hydrazone groups is 1. The zero-order chi connectivity index (χ0) is 15.8. The number of aliphatic hydroxyl groups is 1. The van der Waals surface area contributed by atoms with Gasteiger partial charge in [0.15, 0.2) is 0 Å². The SMILES string of the molecule is O=C(CC[C@@H](O)c1ccccc1)N/N=C/c1cccc(Cl)c1. The number of benzene rings is 2. The van der Waals surface area contributed by atoms with Crippen molar-refractivity contribution in [1.82, 2.24) is 5.43 Å². The Bertz CT molecular complexity index is 644. The van der Waals surface area contributed by atoms with Crippen molar-refractivity contribution in [2.75, 3.05) is 0 Å². The lowest BCUT2D eigenvalue weighted by Gasteiger charge is -2.09. The molecule has 22 heavy (non-hydrogen) atoms. The maximum atomic E-state index is 11.7. The lowest BCUT2D eigenvalue weighted by molar-refractivity contribution is -0.121. The van der Waals surface area contributed by atoms with Crippen molar-refractivity contribution in [3.05, 3.63) is 70.7 Å². The molecule has 0 aliphatic heterocycles. The monoisotopic (exact) mass is 316 g/mol. The molecule has 2 rings (SSSR count). The fraction of sp³-hybridized carbons (Fsp3) is 0.176. The molecule has 0 bridgehead atoms. The van der Waals surface area contributed by atoms with Gasteiger partial charge in [-0.15, -0.1) is 0 Å². The molecule has 0 unspecified atom stereocenters. The predicted molar refractivity (Wildman–Crippen MR) is 87.8 cm³/mol. The molecule has 0 aliphatic carbocycles. The fourth-order valence-corrected chi connectivity index (χ4v) is 2.13. The van der Waals surface area contributed by atoms with Crippen LogP contribution in [0.1, 0.15) is 30.1 Å². The van der Waals surface area contributed by atoms with E-state index in [1.165, 1.54) is 6.21 Å². The molecular formula is C17H17ClN2O2. The van der Waals surface area contributed by atoms with Gasteiger partial charge >= 0.3 is 0 Å². The second-order valence-electron chi connectivity index (χ2n) is 4.81. The van der Waals surface area contributed by atoms with Gasteiger partial charge in [0.1, 0.15) is 0 Å². The first-order valence-electron chi connectivity index (χ1n) is 6.95. The Morgan fingerprint density at radius 2 is 2.00 bits per heavy atom. The lowest BCUT2D eigenvalue weighted by atomic mass is 10.1. The summed E-state index contributed by atoms with van der Waals surface area (Å²) < 4.78 is 0. The normalized spacial score (nSPS) is 12.3. The van der Waals surface area contributed by atoms with Gasteiger partial charge in [-0.3, -0.25) is 4.79 Å². The van der Waals surface area contributed by atoms with Gasteiger partial charge in [0.05, 0.1) is 12.3 Å². The van der Waals surface area contributed by atoms with Crippen LogP contribution in [0.4, 0.5) is 0 Å². The summed E-state index contributed by atoms with van der Waals surface area (Å²) >= 11 is 5.85. The van der Waals surface area contributed by atoms with E-state index >= 15 is 0 Å². The maximum absolute atomic E-state index is 11.7. The summed E-state index contributed by atoms with van der Waals surface area (Å²) in [7, 11) is 0. The van der Waals surface area contributed by atoms with Crippen LogP contribution in [0, 0.1) is 0 Å². The highest BCUT2D eigenvalue weighted by atomic mass is 35.5. The van der Waals surface area contributed by atoms with Crippen LogP contribution >= 0.6 is 11.6 Å². The second kappa shape index (κ2) is 8.32. The third kappa shape index (κ3) is 5.31. The van der Waals surface area contributed by atoms with E-state index in [0.717, 1.165) is 11.1 Å². The summed E-state index contributed by atoms with van der Waals surface area (Å²) in [5, 5.41) is 14.5. The molecule has 0 heterocycles. The molecule has 0 radical (unpaired) electrons. The Balaban J connectivity index is 1.76. The molecule has 1 atom stereocenters. The summed E-state index contributed by atoms with van der Waals surface area (Å²) in [5.74, 6) is -0.242. The topological polar surface area (TPSA) is 61.7 Å². The van der Waals surface area contributed by atoms with Gasteiger partial charge in [-0.25, -0.2) is 5.43 Å². The Morgan fingerprint density at radius 3 is 2.73 bits per heavy atom. The van der Waals surface area contributed by atoms with Gasteiger partial charge in [-0.2, -0.15) is 5.10 Å². The van der Waals surface area contributed by atoms with Gasteiger partial charge in [0, 0.05) is 11.4 Å². The van der Waals surface area contributed by atoms with E-state index in [9.17, 15) is 9.90 Å². The van der Waals surface area contributed by atoms with Gasteiger partial charge < -0.3 is 5.11 Å². The summed E-state index contributed by atoms with van der Waals surface area (Å²) in [6, 6.07) is 16.4. The van der Waals surface area contributed by atoms with Crippen molar-refractivity contribution < 1.29 is 9.90 Å². The first-order valence-corrected chi connectivity index (χ1v) is 7.33. The first-order chi connectivity index (χ1) is 10.6. The van der Waals surface area contributed by atoms with Crippen LogP contribution in [0.15, 0.2) is 59.7 Å². The minimum Gasteiger partial charge on any atom is -0.388 e. The molecule has 0 aliphatic rings. The smallest absolute Gasteiger partial charge is 0.240 e. The predicted octanol–water partition coefficient (Wildman–Crippen LogP) is 3.30. The Hall–Kier alpha value is -2.17. The quantitative estimate of drug-likeness (QED) is 0.634. The maximum Gasteiger partial charge on any atom is 0.240 e. The van der Waals surface area contributed by atoms with E-state index in [1.54, 1.807) is 12.1 Å². The summed E-state index contributed by atoms with van der Waals surface area (Å²) in [6.07, 6.45) is 1.42. The zero-order valence-corrected chi connectivity index (χ0v) is 12.7. The number of carbonyl (C=O) groups excluding carboxylic acids is 1. The van der Waals surface area contributed by atoms with Crippen molar-refractivity contribution in [3.63, 3.8) is 0 Å². The van der Waals surface area contributed by atoms with Crippen LogP contribution < -0.4 is 5.43 Å². The van der Waals surface area contributed by atoms with Gasteiger partial charge in [0.25, 0.3) is 0 Å². The molecule has 1 amide bonds. The number of hydrogen-bond acceptors (Lipinski definition) is 3. The standard InChI is InChI=1S/C17H17ClN2O2/c18-15-8-4-5-13(11-15)12-19-20-17(22)10-9-16(21)14-6-2-1-3-7-14/h1-8,11-12,16,21H,9-10H2,(H,20,22)/b19-12+/t16-/m1/s1. The fourth-order valence-electron chi connectivity index (χ4n) is 1.93. The van der Waals surface area contributed by atoms with Crippen molar-refractivity contribution in [2.24, 2.45) is 5.10 Å². The molecule has 0 saturated heterocycles. The van der Waals surface area contributed by atoms with E-state index in [-0.39, 0.29) is 12.3 Å². The van der Waals surface area contributed by atoms with Crippen LogP contribution in [0.5, 0.6) is 0 Å². The third-order valence-electron chi connectivity index (χ3n) is 3.08. The number of aliphatic hydroxyl groups excluding tert-OH is 1. The first kappa shape index (κ1) is 16.2. The van der Waals surface area contributed by atoms with Crippen LogP contribution in [0.2, 0.25) is 5.02 Å². The highest BCUT2D eigenvalue weighted by Crippen LogP contribution is 2.17. The molecule has 0 spiro atoms. The molecule has 0 fully saturated rings. The highest BCUT2D eigenvalue weighted by Gasteiger charge is 2.09. The summed E-state index contributed by atoms with van der Waals surface area (Å²) in [6.45, 7) is 0. The number of nitrogens with zero attached hydrogens (tertiary/aromatic N) is 1. The average Bonchev–Trinajstić information content (AvgIpc) is 2.53. The van der Waals surface area contributed by atoms with Crippen LogP contribution in [0.25, 0.3) is 0 Å². The van der Waals surface area contributed by atoms with E-state index < -0.39 is 6.10 Å². The molecule has 5 heteroatoms. The number of amides is 1. The minimum atomic E-state index is -0.649. The number of carbonyl (C=O) groups is 1. The molecule has 2 aromatic rings. The lowest BCUT2D eigenvalue weighted by Crippen LogP contribution is -2.18. The minimum absolute atomic E-state index is 0.197. The van der Waals surface area contributed by atoms with Crippen molar-refractivity contribution in [2.45, 2.75) is 18.9 Å². The van der Waals surface area contributed by atoms with Crippen LogP contribution in [0.3, 0.4) is 0 Å². The number of nitrogens with one attached hydrogen (secondary N) is 1. The molecule has 0 aromatic heterocycles. The molecule has 2 N–H and O–H groups in total. The van der Waals surface area contributed by atoms with Gasteiger partial charge in [-0.1, -0.05) is 54.1 Å². The molecular weight excluding hydrogens is 300 g/mol. The van der Waals surface area contributed by atoms with E-state index in [4.69, 9.17) is 11.6 Å². The number of halogens is 1. The van der Waals surface area contributed by atoms with E-state index in [0.29, 0.717) is 11.4 Å². The highest BCUT2D eigenvalue weighted by molar-refractivity contribution is 6.30. The van der Waals surface area contributed by atoms with Crippen molar-refractivity contribution in [3.8, 4) is 0 Å². The Morgan fingerprint density at radius 1 is 1.23 bits per heavy atom. The van der Waals surface area contributed by atoms with E-state index in [1.807, 2.05) is 42.5 Å². The average molecular weight is 317 g/mol. The summed E-state index contributed by atoms with van der Waals surface area (Å²) in [5.41, 5.74) is 4.04.